The zero-order valence-electron chi connectivity index (χ0n) is 7.23. The van der Waals surface area contributed by atoms with Crippen LogP contribution in [0.25, 0.3) is 0 Å². The van der Waals surface area contributed by atoms with E-state index in [1.165, 1.54) is 0 Å². The minimum atomic E-state index is -0.256. The van der Waals surface area contributed by atoms with Crippen molar-refractivity contribution >= 4 is 34.4 Å². The predicted octanol–water partition coefficient (Wildman–Crippen LogP) is -0.741. The molecule has 1 aliphatic rings. The van der Waals surface area contributed by atoms with E-state index in [2.05, 4.69) is 0 Å². The molecule has 4 N–H and O–H groups in total. The number of ether oxygens (including phenoxy) is 1. The molecule has 0 spiro atoms. The van der Waals surface area contributed by atoms with Crippen molar-refractivity contribution in [3.63, 3.8) is 0 Å². The highest BCUT2D eigenvalue weighted by Gasteiger charge is 2.25. The Labute approximate surface area is 88.2 Å². The smallest absolute Gasteiger partial charge is 0.111 e. The molecule has 1 rings (SSSR count). The third-order valence-corrected chi connectivity index (χ3v) is 2.40. The SMILES string of the molecule is NC(=S)C(C(N)=S)N1CCOCC1. The average Bonchev–Trinajstić information content (AvgIpc) is 2.04. The van der Waals surface area contributed by atoms with Crippen LogP contribution in [0.15, 0.2) is 0 Å². The first-order valence-electron chi connectivity index (χ1n) is 4.03. The van der Waals surface area contributed by atoms with Gasteiger partial charge in [-0.1, -0.05) is 24.4 Å². The van der Waals surface area contributed by atoms with E-state index in [1.807, 2.05) is 4.90 Å². The van der Waals surface area contributed by atoms with Crippen LogP contribution in [0.3, 0.4) is 0 Å². The molecule has 4 nitrogen and oxygen atoms in total. The summed E-state index contributed by atoms with van der Waals surface area (Å²) in [5.74, 6) is 0. The fraction of sp³-hybridized carbons (Fsp3) is 0.714. The second-order valence-electron chi connectivity index (χ2n) is 2.86. The fourth-order valence-corrected chi connectivity index (χ4v) is 1.96. The fourth-order valence-electron chi connectivity index (χ4n) is 1.34. The summed E-state index contributed by atoms with van der Waals surface area (Å²) >= 11 is 9.80. The number of rotatable bonds is 3. The third-order valence-electron chi connectivity index (χ3n) is 1.95. The van der Waals surface area contributed by atoms with Crippen molar-refractivity contribution in [2.24, 2.45) is 11.5 Å². The van der Waals surface area contributed by atoms with E-state index in [1.54, 1.807) is 0 Å². The van der Waals surface area contributed by atoms with Crippen LogP contribution in [0, 0.1) is 0 Å². The number of morpholine rings is 1. The van der Waals surface area contributed by atoms with E-state index >= 15 is 0 Å². The molecule has 0 saturated carbocycles. The molecule has 0 aromatic carbocycles. The molecule has 0 atom stereocenters. The van der Waals surface area contributed by atoms with Crippen LogP contribution in [-0.4, -0.2) is 47.2 Å². The maximum atomic E-state index is 5.55. The van der Waals surface area contributed by atoms with Crippen molar-refractivity contribution < 1.29 is 4.74 Å². The van der Waals surface area contributed by atoms with Crippen molar-refractivity contribution in [1.29, 1.82) is 0 Å². The monoisotopic (exact) mass is 219 g/mol. The Bertz CT molecular complexity index is 202. The molecule has 0 radical (unpaired) electrons. The van der Waals surface area contributed by atoms with Gasteiger partial charge in [0.05, 0.1) is 23.2 Å². The first kappa shape index (κ1) is 10.8. The molecule has 1 heterocycles. The van der Waals surface area contributed by atoms with Gasteiger partial charge in [0.15, 0.2) is 0 Å². The molecule has 13 heavy (non-hydrogen) atoms. The van der Waals surface area contributed by atoms with Gasteiger partial charge in [-0.15, -0.1) is 0 Å². The standard InChI is InChI=1S/C7H13N3OS2/c8-6(12)5(7(9)13)10-1-3-11-4-2-10/h5H,1-4H2,(H2,8,12)(H2,9,13). The molecule has 74 valence electrons. The van der Waals surface area contributed by atoms with Gasteiger partial charge in [0.1, 0.15) is 6.04 Å². The Morgan fingerprint density at radius 2 is 1.62 bits per heavy atom. The van der Waals surface area contributed by atoms with Crippen LogP contribution in [-0.2, 0) is 4.74 Å². The molecule has 1 saturated heterocycles. The summed E-state index contributed by atoms with van der Waals surface area (Å²) in [6.45, 7) is 2.92. The van der Waals surface area contributed by atoms with Gasteiger partial charge in [0, 0.05) is 13.1 Å². The van der Waals surface area contributed by atoms with Crippen LogP contribution in [0.2, 0.25) is 0 Å². The van der Waals surface area contributed by atoms with Gasteiger partial charge in [-0.25, -0.2) is 0 Å². The summed E-state index contributed by atoms with van der Waals surface area (Å²) < 4.78 is 5.20. The van der Waals surface area contributed by atoms with Crippen molar-refractivity contribution in [2.75, 3.05) is 26.3 Å². The first-order valence-corrected chi connectivity index (χ1v) is 4.85. The quantitative estimate of drug-likeness (QED) is 0.610. The highest BCUT2D eigenvalue weighted by molar-refractivity contribution is 7.82. The Hall–Kier alpha value is -0.300. The molecule has 0 aromatic heterocycles. The molecule has 1 fully saturated rings. The van der Waals surface area contributed by atoms with Crippen molar-refractivity contribution in [1.82, 2.24) is 4.90 Å². The molecule has 1 aliphatic heterocycles. The van der Waals surface area contributed by atoms with Gasteiger partial charge in [-0.05, 0) is 0 Å². The Balaban J connectivity index is 2.62. The van der Waals surface area contributed by atoms with E-state index in [4.69, 9.17) is 40.6 Å². The molecule has 0 bridgehead atoms. The highest BCUT2D eigenvalue weighted by atomic mass is 32.1. The number of thiocarbonyl (C=S) groups is 2. The zero-order valence-corrected chi connectivity index (χ0v) is 8.87. The lowest BCUT2D eigenvalue weighted by atomic mass is 10.2. The average molecular weight is 219 g/mol. The number of nitrogens with two attached hydrogens (primary N) is 2. The Morgan fingerprint density at radius 3 is 2.00 bits per heavy atom. The van der Waals surface area contributed by atoms with Crippen molar-refractivity contribution in [3.8, 4) is 0 Å². The molecular formula is C7H13N3OS2. The lowest BCUT2D eigenvalue weighted by molar-refractivity contribution is 0.0385. The van der Waals surface area contributed by atoms with Crippen LogP contribution >= 0.6 is 24.4 Å². The minimum Gasteiger partial charge on any atom is -0.392 e. The number of hydrogen-bond acceptors (Lipinski definition) is 4. The van der Waals surface area contributed by atoms with E-state index in [-0.39, 0.29) is 6.04 Å². The molecule has 0 aromatic rings. The third kappa shape index (κ3) is 2.84. The first-order chi connectivity index (χ1) is 6.13. The predicted molar refractivity (Wildman–Crippen MR) is 59.8 cm³/mol. The lowest BCUT2D eigenvalue weighted by Crippen LogP contribution is -2.54. The molecule has 0 unspecified atom stereocenters. The number of hydrogen-bond donors (Lipinski definition) is 2. The van der Waals surface area contributed by atoms with Crippen molar-refractivity contribution in [3.05, 3.63) is 0 Å². The highest BCUT2D eigenvalue weighted by Crippen LogP contribution is 2.04. The van der Waals surface area contributed by atoms with E-state index in [0.717, 1.165) is 13.1 Å². The van der Waals surface area contributed by atoms with Crippen LogP contribution in [0.1, 0.15) is 0 Å². The molecule has 0 amide bonds. The van der Waals surface area contributed by atoms with Crippen LogP contribution in [0.5, 0.6) is 0 Å². The van der Waals surface area contributed by atoms with E-state index in [9.17, 15) is 0 Å². The molecular weight excluding hydrogens is 206 g/mol. The maximum absolute atomic E-state index is 5.55. The topological polar surface area (TPSA) is 64.5 Å². The van der Waals surface area contributed by atoms with Crippen molar-refractivity contribution in [2.45, 2.75) is 6.04 Å². The van der Waals surface area contributed by atoms with Gasteiger partial charge in [-0.2, -0.15) is 0 Å². The summed E-state index contributed by atoms with van der Waals surface area (Å²) in [6.07, 6.45) is 0. The minimum absolute atomic E-state index is 0.256. The van der Waals surface area contributed by atoms with Gasteiger partial charge < -0.3 is 16.2 Å². The van der Waals surface area contributed by atoms with Crippen LogP contribution < -0.4 is 11.5 Å². The summed E-state index contributed by atoms with van der Waals surface area (Å²) in [5.41, 5.74) is 11.1. The molecule has 0 aliphatic carbocycles. The van der Waals surface area contributed by atoms with Gasteiger partial charge in [-0.3, -0.25) is 4.90 Å². The largest absolute Gasteiger partial charge is 0.392 e. The summed E-state index contributed by atoms with van der Waals surface area (Å²) in [7, 11) is 0. The van der Waals surface area contributed by atoms with Crippen LogP contribution in [0.4, 0.5) is 0 Å². The zero-order chi connectivity index (χ0) is 9.84. The Kier molecular flexibility index (Phi) is 3.98. The second-order valence-corrected chi connectivity index (χ2v) is 3.80. The summed E-state index contributed by atoms with van der Waals surface area (Å²) in [5, 5.41) is 0. The Morgan fingerprint density at radius 1 is 1.15 bits per heavy atom. The van der Waals surface area contributed by atoms with E-state index in [0.29, 0.717) is 23.2 Å². The normalized spacial score (nSPS) is 18.8. The van der Waals surface area contributed by atoms with Gasteiger partial charge >= 0.3 is 0 Å². The number of nitrogens with zero attached hydrogens (tertiary/aromatic N) is 1. The van der Waals surface area contributed by atoms with E-state index < -0.39 is 0 Å². The summed E-state index contributed by atoms with van der Waals surface area (Å²) in [6, 6.07) is -0.256. The van der Waals surface area contributed by atoms with Gasteiger partial charge in [0.2, 0.25) is 0 Å². The van der Waals surface area contributed by atoms with Gasteiger partial charge in [0.25, 0.3) is 0 Å². The summed E-state index contributed by atoms with van der Waals surface area (Å²) in [4.78, 5) is 2.73. The maximum Gasteiger partial charge on any atom is 0.111 e. The lowest BCUT2D eigenvalue weighted by Gasteiger charge is -2.32. The molecule has 6 heteroatoms. The second kappa shape index (κ2) is 4.80.